The molecule has 100 valence electrons. The molecule has 0 bridgehead atoms. The summed E-state index contributed by atoms with van der Waals surface area (Å²) in [7, 11) is 0. The summed E-state index contributed by atoms with van der Waals surface area (Å²) in [6, 6.07) is 2.92. The highest BCUT2D eigenvalue weighted by Gasteiger charge is 2.43. The van der Waals surface area contributed by atoms with Crippen molar-refractivity contribution in [2.24, 2.45) is 11.8 Å². The molecular weight excluding hydrogens is 224 g/mol. The van der Waals surface area contributed by atoms with Crippen LogP contribution in [0.1, 0.15) is 26.0 Å². The lowest BCUT2D eigenvalue weighted by Gasteiger charge is -2.26. The summed E-state index contributed by atoms with van der Waals surface area (Å²) in [6.07, 6.45) is 3.20. The highest BCUT2D eigenvalue weighted by atomic mass is 15.3. The fourth-order valence-electron chi connectivity index (χ4n) is 3.84. The van der Waals surface area contributed by atoms with Gasteiger partial charge in [-0.25, -0.2) is 0 Å². The van der Waals surface area contributed by atoms with Crippen molar-refractivity contribution in [1.82, 2.24) is 20.0 Å². The van der Waals surface area contributed by atoms with Gasteiger partial charge in [0, 0.05) is 31.9 Å². The van der Waals surface area contributed by atoms with Gasteiger partial charge in [-0.1, -0.05) is 6.92 Å². The first kappa shape index (κ1) is 12.2. The van der Waals surface area contributed by atoms with Gasteiger partial charge in [0.05, 0.1) is 5.69 Å². The Balaban J connectivity index is 1.73. The van der Waals surface area contributed by atoms with Crippen molar-refractivity contribution >= 4 is 0 Å². The van der Waals surface area contributed by atoms with Crippen molar-refractivity contribution in [1.29, 1.82) is 0 Å². The molecule has 1 aromatic rings. The summed E-state index contributed by atoms with van der Waals surface area (Å²) in [4.78, 5) is 2.68. The van der Waals surface area contributed by atoms with Crippen LogP contribution in [0.2, 0.25) is 0 Å². The minimum absolute atomic E-state index is 0.755. The molecule has 3 atom stereocenters. The minimum Gasteiger partial charge on any atom is -0.316 e. The Hall–Kier alpha value is -0.870. The number of likely N-dealkylation sites (tertiary alicyclic amines) is 1. The monoisotopic (exact) mass is 248 g/mol. The van der Waals surface area contributed by atoms with Crippen LogP contribution in [0.25, 0.3) is 0 Å². The molecule has 0 spiro atoms. The van der Waals surface area contributed by atoms with Crippen LogP contribution in [0, 0.1) is 11.8 Å². The Labute approximate surface area is 109 Å². The van der Waals surface area contributed by atoms with Gasteiger partial charge in [-0.05, 0) is 44.3 Å². The Kier molecular flexibility index (Phi) is 3.39. The molecule has 0 radical (unpaired) electrons. The molecule has 3 rings (SSSR count). The molecule has 2 aliphatic rings. The molecule has 0 saturated carbocycles. The van der Waals surface area contributed by atoms with Gasteiger partial charge in [-0.2, -0.15) is 5.10 Å². The van der Waals surface area contributed by atoms with Gasteiger partial charge in [0.25, 0.3) is 0 Å². The summed E-state index contributed by atoms with van der Waals surface area (Å²) in [5.74, 6) is 1.74. The molecular formula is C14H24N4. The first-order valence-corrected chi connectivity index (χ1v) is 7.29. The van der Waals surface area contributed by atoms with Crippen LogP contribution in [0.4, 0.5) is 0 Å². The SMILES string of the molecule is CCC1C2CNCC2CN1Cc1ccnn1CC. The van der Waals surface area contributed by atoms with E-state index < -0.39 is 0 Å². The zero-order chi connectivity index (χ0) is 12.5. The molecule has 1 N–H and O–H groups in total. The van der Waals surface area contributed by atoms with Gasteiger partial charge in [-0.15, -0.1) is 0 Å². The van der Waals surface area contributed by atoms with Crippen LogP contribution >= 0.6 is 0 Å². The maximum Gasteiger partial charge on any atom is 0.0524 e. The molecule has 2 fully saturated rings. The van der Waals surface area contributed by atoms with E-state index in [9.17, 15) is 0 Å². The number of aromatic nitrogens is 2. The van der Waals surface area contributed by atoms with E-state index in [1.807, 2.05) is 6.20 Å². The molecule has 3 unspecified atom stereocenters. The van der Waals surface area contributed by atoms with Crippen molar-refractivity contribution in [3.63, 3.8) is 0 Å². The van der Waals surface area contributed by atoms with E-state index in [0.717, 1.165) is 31.0 Å². The summed E-state index contributed by atoms with van der Waals surface area (Å²) < 4.78 is 2.12. The summed E-state index contributed by atoms with van der Waals surface area (Å²) in [5.41, 5.74) is 1.36. The van der Waals surface area contributed by atoms with Gasteiger partial charge in [0.15, 0.2) is 0 Å². The molecule has 4 heteroatoms. The zero-order valence-corrected chi connectivity index (χ0v) is 11.5. The van der Waals surface area contributed by atoms with E-state index in [0.29, 0.717) is 0 Å². The molecule has 18 heavy (non-hydrogen) atoms. The van der Waals surface area contributed by atoms with Crippen LogP contribution in [0.15, 0.2) is 12.3 Å². The maximum absolute atomic E-state index is 4.38. The second kappa shape index (κ2) is 5.02. The van der Waals surface area contributed by atoms with Gasteiger partial charge in [0.1, 0.15) is 0 Å². The number of fused-ring (bicyclic) bond motifs is 1. The Morgan fingerprint density at radius 2 is 2.28 bits per heavy atom. The van der Waals surface area contributed by atoms with E-state index in [4.69, 9.17) is 0 Å². The lowest BCUT2D eigenvalue weighted by Crippen LogP contribution is -2.35. The van der Waals surface area contributed by atoms with Gasteiger partial charge in [0.2, 0.25) is 0 Å². The third-order valence-corrected chi connectivity index (χ3v) is 4.71. The van der Waals surface area contributed by atoms with Gasteiger partial charge >= 0.3 is 0 Å². The molecule has 2 saturated heterocycles. The topological polar surface area (TPSA) is 33.1 Å². The Bertz CT molecular complexity index is 400. The third kappa shape index (κ3) is 1.97. The van der Waals surface area contributed by atoms with Crippen molar-refractivity contribution in [3.05, 3.63) is 18.0 Å². The van der Waals surface area contributed by atoms with Crippen molar-refractivity contribution in [2.45, 2.75) is 39.4 Å². The van der Waals surface area contributed by atoms with Gasteiger partial charge < -0.3 is 5.32 Å². The van der Waals surface area contributed by atoms with Crippen LogP contribution in [-0.4, -0.2) is 40.4 Å². The second-order valence-corrected chi connectivity index (χ2v) is 5.63. The molecule has 1 aromatic heterocycles. The fraction of sp³-hybridized carbons (Fsp3) is 0.786. The normalized spacial score (nSPS) is 32.0. The fourth-order valence-corrected chi connectivity index (χ4v) is 3.84. The van der Waals surface area contributed by atoms with E-state index in [1.54, 1.807) is 0 Å². The predicted octanol–water partition coefficient (Wildman–Crippen LogP) is 1.33. The number of rotatable bonds is 4. The standard InChI is InChI=1S/C14H24N4/c1-3-14-13-8-15-7-11(13)9-17(14)10-12-5-6-16-18(12)4-2/h5-6,11,13-15H,3-4,7-10H2,1-2H3. The van der Waals surface area contributed by atoms with Crippen molar-refractivity contribution < 1.29 is 0 Å². The first-order chi connectivity index (χ1) is 8.83. The van der Waals surface area contributed by atoms with Crippen molar-refractivity contribution in [3.8, 4) is 0 Å². The Morgan fingerprint density at radius 3 is 3.06 bits per heavy atom. The zero-order valence-electron chi connectivity index (χ0n) is 11.5. The lowest BCUT2D eigenvalue weighted by atomic mass is 9.93. The predicted molar refractivity (Wildman–Crippen MR) is 72.2 cm³/mol. The quantitative estimate of drug-likeness (QED) is 0.873. The summed E-state index contributed by atoms with van der Waals surface area (Å²) in [6.45, 7) is 10.2. The summed E-state index contributed by atoms with van der Waals surface area (Å²) in [5, 5.41) is 7.92. The molecule has 2 aliphatic heterocycles. The number of hydrogen-bond donors (Lipinski definition) is 1. The molecule has 0 aromatic carbocycles. The largest absolute Gasteiger partial charge is 0.316 e. The third-order valence-electron chi connectivity index (χ3n) is 4.71. The smallest absolute Gasteiger partial charge is 0.0524 e. The number of hydrogen-bond acceptors (Lipinski definition) is 3. The second-order valence-electron chi connectivity index (χ2n) is 5.63. The van der Waals surface area contributed by atoms with Gasteiger partial charge in [-0.3, -0.25) is 9.58 Å². The van der Waals surface area contributed by atoms with Crippen LogP contribution in [0.5, 0.6) is 0 Å². The Morgan fingerprint density at radius 1 is 1.39 bits per heavy atom. The van der Waals surface area contributed by atoms with E-state index >= 15 is 0 Å². The highest BCUT2D eigenvalue weighted by Crippen LogP contribution is 2.35. The molecule has 3 heterocycles. The average Bonchev–Trinajstić information content (AvgIpc) is 3.04. The first-order valence-electron chi connectivity index (χ1n) is 7.29. The van der Waals surface area contributed by atoms with Crippen LogP contribution in [0.3, 0.4) is 0 Å². The summed E-state index contributed by atoms with van der Waals surface area (Å²) >= 11 is 0. The van der Waals surface area contributed by atoms with E-state index in [-0.39, 0.29) is 0 Å². The van der Waals surface area contributed by atoms with Crippen LogP contribution in [-0.2, 0) is 13.1 Å². The number of aryl methyl sites for hydroxylation is 1. The van der Waals surface area contributed by atoms with E-state index in [1.165, 1.54) is 31.7 Å². The average molecular weight is 248 g/mol. The minimum atomic E-state index is 0.755. The molecule has 0 aliphatic carbocycles. The molecule has 4 nitrogen and oxygen atoms in total. The number of nitrogens with zero attached hydrogens (tertiary/aromatic N) is 3. The van der Waals surface area contributed by atoms with E-state index in [2.05, 4.69) is 39.9 Å². The lowest BCUT2D eigenvalue weighted by molar-refractivity contribution is 0.205. The maximum atomic E-state index is 4.38. The van der Waals surface area contributed by atoms with Crippen LogP contribution < -0.4 is 5.32 Å². The number of nitrogens with one attached hydrogen (secondary N) is 1. The van der Waals surface area contributed by atoms with Crippen molar-refractivity contribution in [2.75, 3.05) is 19.6 Å². The highest BCUT2D eigenvalue weighted by molar-refractivity contribution is 5.04. The molecule has 0 amide bonds.